The van der Waals surface area contributed by atoms with E-state index >= 15 is 0 Å². The molecule has 0 bridgehead atoms. The number of ether oxygens (including phenoxy) is 1. The van der Waals surface area contributed by atoms with Crippen LogP contribution >= 0.6 is 0 Å². The van der Waals surface area contributed by atoms with Gasteiger partial charge in [0.15, 0.2) is 0 Å². The van der Waals surface area contributed by atoms with Gasteiger partial charge in [-0.25, -0.2) is 4.39 Å². The third-order valence-electron chi connectivity index (χ3n) is 3.04. The minimum atomic E-state index is -0.885. The summed E-state index contributed by atoms with van der Waals surface area (Å²) in [6.45, 7) is 0. The van der Waals surface area contributed by atoms with Crippen LogP contribution in [-0.4, -0.2) is 19.3 Å². The van der Waals surface area contributed by atoms with Gasteiger partial charge in [-0.15, -0.1) is 0 Å². The highest BCUT2D eigenvalue weighted by Gasteiger charge is 2.52. The van der Waals surface area contributed by atoms with Gasteiger partial charge in [0, 0.05) is 0 Å². The molecule has 1 aromatic rings. The summed E-state index contributed by atoms with van der Waals surface area (Å²) in [5.41, 5.74) is 0.112. The molecule has 1 saturated carbocycles. The first-order chi connectivity index (χ1) is 7.19. The minimum absolute atomic E-state index is 0.240. The van der Waals surface area contributed by atoms with E-state index in [0.717, 1.165) is 5.56 Å². The van der Waals surface area contributed by atoms with Crippen molar-refractivity contribution in [1.29, 1.82) is 0 Å². The van der Waals surface area contributed by atoms with Gasteiger partial charge in [-0.05, 0) is 18.4 Å². The average molecular weight is 208 g/mol. The Morgan fingerprint density at radius 1 is 1.40 bits per heavy atom. The van der Waals surface area contributed by atoms with Crippen molar-refractivity contribution in [3.63, 3.8) is 0 Å². The van der Waals surface area contributed by atoms with E-state index in [4.69, 9.17) is 4.74 Å². The van der Waals surface area contributed by atoms with Gasteiger partial charge < -0.3 is 4.74 Å². The molecule has 0 atom stereocenters. The topological polar surface area (TPSA) is 26.3 Å². The molecule has 1 aliphatic carbocycles. The molecule has 0 spiro atoms. The SMILES string of the molecule is COC(=O)C1(c2ccccc2)CC(F)C1. The highest BCUT2D eigenvalue weighted by Crippen LogP contribution is 2.46. The van der Waals surface area contributed by atoms with E-state index < -0.39 is 11.6 Å². The van der Waals surface area contributed by atoms with Gasteiger partial charge in [-0.2, -0.15) is 0 Å². The van der Waals surface area contributed by atoms with Crippen LogP contribution in [0.25, 0.3) is 0 Å². The number of benzene rings is 1. The fraction of sp³-hybridized carbons (Fsp3) is 0.417. The highest BCUT2D eigenvalue weighted by atomic mass is 19.1. The molecule has 0 amide bonds. The minimum Gasteiger partial charge on any atom is -0.468 e. The molecule has 0 heterocycles. The molecule has 0 saturated heterocycles. The number of hydrogen-bond donors (Lipinski definition) is 0. The van der Waals surface area contributed by atoms with Crippen LogP contribution in [0.4, 0.5) is 4.39 Å². The lowest BCUT2D eigenvalue weighted by Gasteiger charge is -2.41. The summed E-state index contributed by atoms with van der Waals surface area (Å²) in [4.78, 5) is 11.7. The lowest BCUT2D eigenvalue weighted by Crippen LogP contribution is -2.49. The van der Waals surface area contributed by atoms with Crippen molar-refractivity contribution < 1.29 is 13.9 Å². The Bertz CT molecular complexity index is 355. The predicted octanol–water partition coefficient (Wildman–Crippen LogP) is 2.23. The molecule has 15 heavy (non-hydrogen) atoms. The molecule has 1 fully saturated rings. The fourth-order valence-electron chi connectivity index (χ4n) is 2.17. The Balaban J connectivity index is 2.33. The van der Waals surface area contributed by atoms with Crippen LogP contribution in [0.5, 0.6) is 0 Å². The molecule has 0 radical (unpaired) electrons. The molecule has 0 aliphatic heterocycles. The van der Waals surface area contributed by atoms with Gasteiger partial charge in [0.25, 0.3) is 0 Å². The Morgan fingerprint density at radius 3 is 2.47 bits per heavy atom. The number of alkyl halides is 1. The quantitative estimate of drug-likeness (QED) is 0.697. The highest BCUT2D eigenvalue weighted by molar-refractivity contribution is 5.84. The van der Waals surface area contributed by atoms with E-state index in [9.17, 15) is 9.18 Å². The van der Waals surface area contributed by atoms with Crippen molar-refractivity contribution in [1.82, 2.24) is 0 Å². The van der Waals surface area contributed by atoms with Gasteiger partial charge in [-0.3, -0.25) is 4.79 Å². The van der Waals surface area contributed by atoms with Crippen LogP contribution < -0.4 is 0 Å². The third-order valence-corrected chi connectivity index (χ3v) is 3.04. The molecule has 1 aliphatic rings. The van der Waals surface area contributed by atoms with E-state index in [1.807, 2.05) is 30.3 Å². The molecular weight excluding hydrogens is 195 g/mol. The van der Waals surface area contributed by atoms with Crippen LogP contribution in [0.3, 0.4) is 0 Å². The maximum atomic E-state index is 13.0. The van der Waals surface area contributed by atoms with Gasteiger partial charge in [0.1, 0.15) is 6.17 Å². The average Bonchev–Trinajstić information content (AvgIpc) is 2.24. The molecular formula is C12H13FO2. The standard InChI is InChI=1S/C12H13FO2/c1-15-11(14)12(7-10(13)8-12)9-5-3-2-4-6-9/h2-6,10H,7-8H2,1H3. The maximum absolute atomic E-state index is 13.0. The van der Waals surface area contributed by atoms with Crippen molar-refractivity contribution in [2.45, 2.75) is 24.4 Å². The van der Waals surface area contributed by atoms with Gasteiger partial charge in [-0.1, -0.05) is 30.3 Å². The zero-order valence-electron chi connectivity index (χ0n) is 8.57. The summed E-state index contributed by atoms with van der Waals surface area (Å²) in [7, 11) is 1.35. The summed E-state index contributed by atoms with van der Waals surface area (Å²) < 4.78 is 17.7. The largest absolute Gasteiger partial charge is 0.468 e. The first-order valence-corrected chi connectivity index (χ1v) is 4.97. The summed E-state index contributed by atoms with van der Waals surface area (Å²) in [6.07, 6.45) is -0.405. The summed E-state index contributed by atoms with van der Waals surface area (Å²) in [5, 5.41) is 0. The van der Waals surface area contributed by atoms with Crippen LogP contribution in [0.2, 0.25) is 0 Å². The van der Waals surface area contributed by atoms with E-state index in [0.29, 0.717) is 0 Å². The zero-order valence-corrected chi connectivity index (χ0v) is 8.57. The Morgan fingerprint density at radius 2 is 2.00 bits per heavy atom. The second-order valence-electron chi connectivity index (χ2n) is 3.95. The molecule has 0 N–H and O–H groups in total. The van der Waals surface area contributed by atoms with Crippen LogP contribution in [0.15, 0.2) is 30.3 Å². The van der Waals surface area contributed by atoms with Gasteiger partial charge >= 0.3 is 5.97 Å². The number of hydrogen-bond acceptors (Lipinski definition) is 2. The van der Waals surface area contributed by atoms with E-state index in [1.165, 1.54) is 7.11 Å². The smallest absolute Gasteiger partial charge is 0.316 e. The molecule has 0 aromatic heterocycles. The molecule has 80 valence electrons. The van der Waals surface area contributed by atoms with E-state index in [2.05, 4.69) is 0 Å². The maximum Gasteiger partial charge on any atom is 0.316 e. The number of halogens is 1. The second kappa shape index (κ2) is 3.65. The monoisotopic (exact) mass is 208 g/mol. The van der Waals surface area contributed by atoms with E-state index in [-0.39, 0.29) is 18.8 Å². The second-order valence-corrected chi connectivity index (χ2v) is 3.95. The summed E-state index contributed by atoms with van der Waals surface area (Å²) in [6, 6.07) is 9.28. The van der Waals surface area contributed by atoms with Gasteiger partial charge in [0.2, 0.25) is 0 Å². The number of rotatable bonds is 2. The number of esters is 1. The molecule has 0 unspecified atom stereocenters. The van der Waals surface area contributed by atoms with Crippen molar-refractivity contribution >= 4 is 5.97 Å². The van der Waals surface area contributed by atoms with Crippen molar-refractivity contribution in [3.05, 3.63) is 35.9 Å². The summed E-state index contributed by atoms with van der Waals surface area (Å²) in [5.74, 6) is -0.331. The third kappa shape index (κ3) is 1.52. The van der Waals surface area contributed by atoms with Crippen LogP contribution in [0, 0.1) is 0 Å². The molecule has 3 heteroatoms. The number of carbonyl (C=O) groups is 1. The Labute approximate surface area is 88.1 Å². The molecule has 2 nitrogen and oxygen atoms in total. The fourth-order valence-corrected chi connectivity index (χ4v) is 2.17. The normalized spacial score (nSPS) is 29.3. The first kappa shape index (κ1) is 10.1. The Kier molecular flexibility index (Phi) is 2.47. The van der Waals surface area contributed by atoms with Crippen molar-refractivity contribution in [3.8, 4) is 0 Å². The van der Waals surface area contributed by atoms with Crippen molar-refractivity contribution in [2.75, 3.05) is 7.11 Å². The number of methoxy groups -OCH3 is 1. The lowest BCUT2D eigenvalue weighted by atomic mass is 9.63. The molecule has 2 rings (SSSR count). The summed E-state index contributed by atoms with van der Waals surface area (Å²) >= 11 is 0. The predicted molar refractivity (Wildman–Crippen MR) is 54.3 cm³/mol. The number of carbonyl (C=O) groups excluding carboxylic acids is 1. The lowest BCUT2D eigenvalue weighted by molar-refractivity contribution is -0.154. The van der Waals surface area contributed by atoms with Crippen LogP contribution in [-0.2, 0) is 14.9 Å². The first-order valence-electron chi connectivity index (χ1n) is 4.97. The van der Waals surface area contributed by atoms with Crippen LogP contribution in [0.1, 0.15) is 18.4 Å². The molecule has 1 aromatic carbocycles. The Hall–Kier alpha value is -1.38. The zero-order chi connectivity index (χ0) is 10.9. The van der Waals surface area contributed by atoms with E-state index in [1.54, 1.807) is 0 Å². The van der Waals surface area contributed by atoms with Crippen molar-refractivity contribution in [2.24, 2.45) is 0 Å². The van der Waals surface area contributed by atoms with Gasteiger partial charge in [0.05, 0.1) is 12.5 Å².